The minimum absolute atomic E-state index is 0.310. The van der Waals surface area contributed by atoms with E-state index >= 15 is 0 Å². The van der Waals surface area contributed by atoms with Crippen LogP contribution in [0.25, 0.3) is 0 Å². The van der Waals surface area contributed by atoms with Gasteiger partial charge in [0.25, 0.3) is 0 Å². The van der Waals surface area contributed by atoms with E-state index in [0.717, 1.165) is 25.0 Å². The summed E-state index contributed by atoms with van der Waals surface area (Å²) in [7, 11) is 0. The standard InChI is InChI=1S/C15H21BrO/c1-11-6-12(2)14(13(3)7-11)8-15(9-16)4-5-17-10-15/h6-7H,4-5,8-10H2,1-3H3. The number of rotatable bonds is 3. The van der Waals surface area contributed by atoms with Gasteiger partial charge >= 0.3 is 0 Å². The van der Waals surface area contributed by atoms with Crippen molar-refractivity contribution in [3.63, 3.8) is 0 Å². The SMILES string of the molecule is Cc1cc(C)c(CC2(CBr)CCOC2)c(C)c1. The van der Waals surface area contributed by atoms with Crippen molar-refractivity contribution in [2.24, 2.45) is 5.41 Å². The maximum absolute atomic E-state index is 5.60. The van der Waals surface area contributed by atoms with Gasteiger partial charge in [-0.3, -0.25) is 0 Å². The minimum Gasteiger partial charge on any atom is -0.381 e. The lowest BCUT2D eigenvalue weighted by molar-refractivity contribution is 0.162. The molecule has 1 unspecified atom stereocenters. The van der Waals surface area contributed by atoms with E-state index < -0.39 is 0 Å². The van der Waals surface area contributed by atoms with Gasteiger partial charge in [0.05, 0.1) is 6.61 Å². The summed E-state index contributed by atoms with van der Waals surface area (Å²) in [6.07, 6.45) is 2.31. The first-order valence-corrected chi connectivity index (χ1v) is 7.39. The quantitative estimate of drug-likeness (QED) is 0.767. The van der Waals surface area contributed by atoms with E-state index in [0.29, 0.717) is 5.41 Å². The first-order valence-electron chi connectivity index (χ1n) is 6.27. The van der Waals surface area contributed by atoms with Crippen LogP contribution in [0.4, 0.5) is 0 Å². The highest BCUT2D eigenvalue weighted by Gasteiger charge is 2.34. The van der Waals surface area contributed by atoms with Crippen molar-refractivity contribution in [3.05, 3.63) is 34.4 Å². The highest BCUT2D eigenvalue weighted by Crippen LogP contribution is 2.36. The monoisotopic (exact) mass is 296 g/mol. The summed E-state index contributed by atoms with van der Waals surface area (Å²) >= 11 is 3.67. The topological polar surface area (TPSA) is 9.23 Å². The lowest BCUT2D eigenvalue weighted by Crippen LogP contribution is -2.26. The molecule has 1 aromatic carbocycles. The smallest absolute Gasteiger partial charge is 0.0534 e. The van der Waals surface area contributed by atoms with Crippen molar-refractivity contribution in [1.82, 2.24) is 0 Å². The van der Waals surface area contributed by atoms with E-state index in [1.165, 1.54) is 28.7 Å². The zero-order chi connectivity index (χ0) is 12.5. The van der Waals surface area contributed by atoms with Gasteiger partial charge in [-0.05, 0) is 50.3 Å². The van der Waals surface area contributed by atoms with Gasteiger partial charge < -0.3 is 4.74 Å². The van der Waals surface area contributed by atoms with Crippen LogP contribution in [0.3, 0.4) is 0 Å². The molecule has 1 aromatic rings. The molecule has 0 amide bonds. The predicted octanol–water partition coefficient (Wildman–Crippen LogP) is 3.96. The van der Waals surface area contributed by atoms with Crippen LogP contribution in [0.2, 0.25) is 0 Å². The molecule has 0 radical (unpaired) electrons. The molecule has 94 valence electrons. The first kappa shape index (κ1) is 13.1. The third-order valence-corrected chi connectivity index (χ3v) is 5.05. The van der Waals surface area contributed by atoms with E-state index in [4.69, 9.17) is 4.74 Å². The molecule has 1 nitrogen and oxygen atoms in total. The summed E-state index contributed by atoms with van der Waals surface area (Å²) in [5, 5.41) is 1.03. The Morgan fingerprint density at radius 3 is 2.35 bits per heavy atom. The minimum atomic E-state index is 0.310. The molecule has 1 saturated heterocycles. The Morgan fingerprint density at radius 2 is 1.88 bits per heavy atom. The Hall–Kier alpha value is -0.340. The Bertz CT molecular complexity index is 382. The van der Waals surface area contributed by atoms with Crippen LogP contribution in [0, 0.1) is 26.2 Å². The zero-order valence-corrected chi connectivity index (χ0v) is 12.6. The van der Waals surface area contributed by atoms with Gasteiger partial charge in [-0.1, -0.05) is 33.6 Å². The van der Waals surface area contributed by atoms with Crippen LogP contribution in [-0.4, -0.2) is 18.5 Å². The third kappa shape index (κ3) is 2.74. The van der Waals surface area contributed by atoms with Crippen LogP contribution in [0.5, 0.6) is 0 Å². The summed E-state index contributed by atoms with van der Waals surface area (Å²) in [5.41, 5.74) is 6.04. The number of benzene rings is 1. The Balaban J connectivity index is 2.29. The second kappa shape index (κ2) is 5.11. The summed E-state index contributed by atoms with van der Waals surface area (Å²) < 4.78 is 5.60. The number of ether oxygens (including phenoxy) is 1. The van der Waals surface area contributed by atoms with Gasteiger partial charge in [-0.25, -0.2) is 0 Å². The second-order valence-corrected chi connectivity index (χ2v) is 6.05. The molecule has 2 heteroatoms. The van der Waals surface area contributed by atoms with Crippen LogP contribution in [-0.2, 0) is 11.2 Å². The van der Waals surface area contributed by atoms with Gasteiger partial charge in [0.1, 0.15) is 0 Å². The predicted molar refractivity (Wildman–Crippen MR) is 76.0 cm³/mol. The van der Waals surface area contributed by atoms with Crippen molar-refractivity contribution in [2.75, 3.05) is 18.5 Å². The molecule has 0 aromatic heterocycles. The van der Waals surface area contributed by atoms with E-state index in [-0.39, 0.29) is 0 Å². The van der Waals surface area contributed by atoms with E-state index in [9.17, 15) is 0 Å². The Morgan fingerprint density at radius 1 is 1.24 bits per heavy atom. The van der Waals surface area contributed by atoms with Crippen LogP contribution >= 0.6 is 15.9 Å². The second-order valence-electron chi connectivity index (χ2n) is 5.49. The normalized spacial score (nSPS) is 24.2. The molecule has 1 aliphatic rings. The summed E-state index contributed by atoms with van der Waals surface area (Å²) in [5.74, 6) is 0. The molecule has 2 rings (SSSR count). The van der Waals surface area contributed by atoms with Crippen molar-refractivity contribution in [1.29, 1.82) is 0 Å². The lowest BCUT2D eigenvalue weighted by atomic mass is 9.80. The maximum atomic E-state index is 5.60. The largest absolute Gasteiger partial charge is 0.381 e. The number of alkyl halides is 1. The van der Waals surface area contributed by atoms with Crippen LogP contribution < -0.4 is 0 Å². The fourth-order valence-electron chi connectivity index (χ4n) is 2.81. The molecule has 1 fully saturated rings. The highest BCUT2D eigenvalue weighted by molar-refractivity contribution is 9.09. The van der Waals surface area contributed by atoms with Crippen LogP contribution in [0.15, 0.2) is 12.1 Å². The first-order chi connectivity index (χ1) is 8.06. The molecular weight excluding hydrogens is 276 g/mol. The molecule has 0 aliphatic carbocycles. The van der Waals surface area contributed by atoms with Crippen molar-refractivity contribution in [3.8, 4) is 0 Å². The molecule has 0 N–H and O–H groups in total. The Kier molecular flexibility index (Phi) is 3.94. The average molecular weight is 297 g/mol. The van der Waals surface area contributed by atoms with Gasteiger partial charge in [-0.2, -0.15) is 0 Å². The third-order valence-electron chi connectivity index (χ3n) is 3.86. The number of halogens is 1. The number of hydrogen-bond acceptors (Lipinski definition) is 1. The van der Waals surface area contributed by atoms with E-state index in [2.05, 4.69) is 48.8 Å². The number of hydrogen-bond donors (Lipinski definition) is 0. The summed E-state index contributed by atoms with van der Waals surface area (Å²) in [6.45, 7) is 8.43. The van der Waals surface area contributed by atoms with Crippen LogP contribution in [0.1, 0.15) is 28.7 Å². The Labute approximate surface area is 113 Å². The molecule has 1 atom stereocenters. The maximum Gasteiger partial charge on any atom is 0.0534 e. The average Bonchev–Trinajstić information content (AvgIpc) is 2.73. The van der Waals surface area contributed by atoms with Gasteiger partial charge in [0.2, 0.25) is 0 Å². The zero-order valence-electron chi connectivity index (χ0n) is 11.0. The number of aryl methyl sites for hydroxylation is 3. The summed E-state index contributed by atoms with van der Waals surface area (Å²) in [6, 6.07) is 4.58. The highest BCUT2D eigenvalue weighted by atomic mass is 79.9. The van der Waals surface area contributed by atoms with Crippen molar-refractivity contribution < 1.29 is 4.74 Å². The molecular formula is C15H21BrO. The molecule has 0 spiro atoms. The molecule has 0 saturated carbocycles. The van der Waals surface area contributed by atoms with E-state index in [1.807, 2.05) is 0 Å². The fourth-order valence-corrected chi connectivity index (χ4v) is 3.45. The molecule has 17 heavy (non-hydrogen) atoms. The van der Waals surface area contributed by atoms with Crippen molar-refractivity contribution >= 4 is 15.9 Å². The molecule has 1 aliphatic heterocycles. The fraction of sp³-hybridized carbons (Fsp3) is 0.600. The van der Waals surface area contributed by atoms with E-state index in [1.54, 1.807) is 0 Å². The van der Waals surface area contributed by atoms with Gasteiger partial charge in [0.15, 0.2) is 0 Å². The molecule has 0 bridgehead atoms. The van der Waals surface area contributed by atoms with Gasteiger partial charge in [-0.15, -0.1) is 0 Å². The summed E-state index contributed by atoms with van der Waals surface area (Å²) in [4.78, 5) is 0. The lowest BCUT2D eigenvalue weighted by Gasteiger charge is -2.27. The molecule has 1 heterocycles. The van der Waals surface area contributed by atoms with Gasteiger partial charge in [0, 0.05) is 17.4 Å². The van der Waals surface area contributed by atoms with Crippen molar-refractivity contribution in [2.45, 2.75) is 33.6 Å².